The Hall–Kier alpha value is -2.51. The molecule has 0 saturated carbocycles. The van der Waals surface area contributed by atoms with Crippen LogP contribution in [-0.4, -0.2) is 14.2 Å². The highest BCUT2D eigenvalue weighted by Crippen LogP contribution is 2.29. The number of nitrogens with zero attached hydrogens (tertiary/aromatic N) is 1. The van der Waals surface area contributed by atoms with Gasteiger partial charge in [0.05, 0.1) is 25.9 Å². The van der Waals surface area contributed by atoms with Gasteiger partial charge in [-0.05, 0) is 42.3 Å². The van der Waals surface area contributed by atoms with Gasteiger partial charge in [0, 0.05) is 12.6 Å². The standard InChI is InChI=1S/C18H20N2O2/c1-13(16-8-9-17(21-2)18(10-16)22-3)20-12-15-6-4-14(11-19)5-7-15/h4-10,13,20H,12H2,1-3H3. The molecule has 0 fully saturated rings. The molecule has 2 aromatic carbocycles. The number of hydrogen-bond acceptors (Lipinski definition) is 4. The van der Waals surface area contributed by atoms with Crippen LogP contribution < -0.4 is 14.8 Å². The molecule has 1 unspecified atom stereocenters. The Kier molecular flexibility index (Phi) is 5.40. The second-order valence-corrected chi connectivity index (χ2v) is 5.03. The van der Waals surface area contributed by atoms with Crippen LogP contribution in [0.4, 0.5) is 0 Å². The SMILES string of the molecule is COc1ccc(C(C)NCc2ccc(C#N)cc2)cc1OC. The molecule has 0 aliphatic carbocycles. The summed E-state index contributed by atoms with van der Waals surface area (Å²) in [6, 6.07) is 15.8. The van der Waals surface area contributed by atoms with Gasteiger partial charge in [-0.3, -0.25) is 0 Å². The first-order valence-corrected chi connectivity index (χ1v) is 7.12. The lowest BCUT2D eigenvalue weighted by atomic mass is 10.1. The second kappa shape index (κ2) is 7.48. The van der Waals surface area contributed by atoms with Crippen LogP contribution in [0.3, 0.4) is 0 Å². The third kappa shape index (κ3) is 3.78. The summed E-state index contributed by atoms with van der Waals surface area (Å²) in [6.07, 6.45) is 0. The maximum atomic E-state index is 8.80. The van der Waals surface area contributed by atoms with Crippen molar-refractivity contribution in [1.29, 1.82) is 5.26 Å². The first-order chi connectivity index (χ1) is 10.7. The molecule has 0 saturated heterocycles. The van der Waals surface area contributed by atoms with Crippen LogP contribution in [0, 0.1) is 11.3 Å². The van der Waals surface area contributed by atoms with Gasteiger partial charge < -0.3 is 14.8 Å². The Morgan fingerprint density at radius 1 is 1.05 bits per heavy atom. The van der Waals surface area contributed by atoms with Gasteiger partial charge in [-0.15, -0.1) is 0 Å². The molecule has 0 heterocycles. The molecule has 22 heavy (non-hydrogen) atoms. The van der Waals surface area contributed by atoms with E-state index < -0.39 is 0 Å². The normalized spacial score (nSPS) is 11.5. The summed E-state index contributed by atoms with van der Waals surface area (Å²) >= 11 is 0. The van der Waals surface area contributed by atoms with Crippen molar-refractivity contribution in [2.24, 2.45) is 0 Å². The lowest BCUT2D eigenvalue weighted by Gasteiger charge is -2.16. The monoisotopic (exact) mass is 296 g/mol. The fraction of sp³-hybridized carbons (Fsp3) is 0.278. The Balaban J connectivity index is 2.02. The van der Waals surface area contributed by atoms with Crippen LogP contribution in [0.1, 0.15) is 29.7 Å². The maximum Gasteiger partial charge on any atom is 0.161 e. The second-order valence-electron chi connectivity index (χ2n) is 5.03. The van der Waals surface area contributed by atoms with Gasteiger partial charge in [0.2, 0.25) is 0 Å². The molecule has 2 aromatic rings. The molecule has 0 spiro atoms. The molecular weight excluding hydrogens is 276 g/mol. The fourth-order valence-corrected chi connectivity index (χ4v) is 2.21. The fourth-order valence-electron chi connectivity index (χ4n) is 2.21. The van der Waals surface area contributed by atoms with E-state index in [2.05, 4.69) is 18.3 Å². The van der Waals surface area contributed by atoms with Crippen LogP contribution in [0.2, 0.25) is 0 Å². The van der Waals surface area contributed by atoms with Gasteiger partial charge in [-0.2, -0.15) is 5.26 Å². The minimum Gasteiger partial charge on any atom is -0.493 e. The molecule has 0 amide bonds. The van der Waals surface area contributed by atoms with E-state index in [0.29, 0.717) is 5.56 Å². The molecule has 114 valence electrons. The third-order valence-corrected chi connectivity index (χ3v) is 3.60. The molecule has 0 aliphatic heterocycles. The van der Waals surface area contributed by atoms with Gasteiger partial charge in [-0.25, -0.2) is 0 Å². The Labute approximate surface area is 131 Å². The predicted molar refractivity (Wildman–Crippen MR) is 86.0 cm³/mol. The summed E-state index contributed by atoms with van der Waals surface area (Å²) in [5.74, 6) is 1.46. The summed E-state index contributed by atoms with van der Waals surface area (Å²) in [6.45, 7) is 2.84. The lowest BCUT2D eigenvalue weighted by Crippen LogP contribution is -2.18. The van der Waals surface area contributed by atoms with Crippen molar-refractivity contribution in [2.75, 3.05) is 14.2 Å². The number of nitriles is 1. The summed E-state index contributed by atoms with van der Waals surface area (Å²) in [5, 5.41) is 12.3. The van der Waals surface area contributed by atoms with Crippen molar-refractivity contribution >= 4 is 0 Å². The van der Waals surface area contributed by atoms with E-state index in [1.54, 1.807) is 14.2 Å². The average Bonchev–Trinajstić information content (AvgIpc) is 2.59. The smallest absolute Gasteiger partial charge is 0.161 e. The third-order valence-electron chi connectivity index (χ3n) is 3.60. The average molecular weight is 296 g/mol. The first-order valence-electron chi connectivity index (χ1n) is 7.12. The van der Waals surface area contributed by atoms with E-state index in [9.17, 15) is 0 Å². The molecule has 0 radical (unpaired) electrons. The topological polar surface area (TPSA) is 54.3 Å². The Morgan fingerprint density at radius 2 is 1.73 bits per heavy atom. The van der Waals surface area contributed by atoms with Crippen LogP contribution in [0.5, 0.6) is 11.5 Å². The molecule has 0 aliphatic rings. The highest BCUT2D eigenvalue weighted by atomic mass is 16.5. The zero-order valence-electron chi connectivity index (χ0n) is 13.1. The number of nitrogens with one attached hydrogen (secondary N) is 1. The van der Waals surface area contributed by atoms with Gasteiger partial charge in [-0.1, -0.05) is 18.2 Å². The number of rotatable bonds is 6. The minimum absolute atomic E-state index is 0.176. The molecular formula is C18H20N2O2. The van der Waals surface area contributed by atoms with E-state index in [1.807, 2.05) is 42.5 Å². The van der Waals surface area contributed by atoms with E-state index >= 15 is 0 Å². The summed E-state index contributed by atoms with van der Waals surface area (Å²) < 4.78 is 10.6. The van der Waals surface area contributed by atoms with E-state index in [4.69, 9.17) is 14.7 Å². The van der Waals surface area contributed by atoms with Crippen LogP contribution in [0.25, 0.3) is 0 Å². The van der Waals surface area contributed by atoms with Crippen molar-refractivity contribution in [3.63, 3.8) is 0 Å². The molecule has 2 rings (SSSR count). The number of ether oxygens (including phenoxy) is 2. The molecule has 4 nitrogen and oxygen atoms in total. The highest BCUT2D eigenvalue weighted by molar-refractivity contribution is 5.43. The van der Waals surface area contributed by atoms with Gasteiger partial charge in [0.1, 0.15) is 0 Å². The predicted octanol–water partition coefficient (Wildman–Crippen LogP) is 3.43. The van der Waals surface area contributed by atoms with Gasteiger partial charge in [0.25, 0.3) is 0 Å². The van der Waals surface area contributed by atoms with Crippen molar-refractivity contribution < 1.29 is 9.47 Å². The molecule has 1 atom stereocenters. The van der Waals surface area contributed by atoms with Crippen LogP contribution in [0.15, 0.2) is 42.5 Å². The van der Waals surface area contributed by atoms with Crippen LogP contribution in [-0.2, 0) is 6.54 Å². The highest BCUT2D eigenvalue weighted by Gasteiger charge is 2.09. The zero-order valence-corrected chi connectivity index (χ0v) is 13.1. The molecule has 0 bridgehead atoms. The Bertz CT molecular complexity index is 660. The number of methoxy groups -OCH3 is 2. The van der Waals surface area contributed by atoms with E-state index in [0.717, 1.165) is 29.2 Å². The summed E-state index contributed by atoms with van der Waals surface area (Å²) in [7, 11) is 3.26. The van der Waals surface area contributed by atoms with E-state index in [1.165, 1.54) is 0 Å². The maximum absolute atomic E-state index is 8.80. The van der Waals surface area contributed by atoms with Crippen molar-refractivity contribution in [1.82, 2.24) is 5.32 Å². The minimum atomic E-state index is 0.176. The zero-order chi connectivity index (χ0) is 15.9. The van der Waals surface area contributed by atoms with Crippen LogP contribution >= 0.6 is 0 Å². The van der Waals surface area contributed by atoms with Crippen molar-refractivity contribution in [3.05, 3.63) is 59.2 Å². The van der Waals surface area contributed by atoms with Crippen molar-refractivity contribution in [3.8, 4) is 17.6 Å². The number of benzene rings is 2. The van der Waals surface area contributed by atoms with E-state index in [-0.39, 0.29) is 6.04 Å². The largest absolute Gasteiger partial charge is 0.493 e. The first kappa shape index (κ1) is 15.9. The summed E-state index contributed by atoms with van der Waals surface area (Å²) in [4.78, 5) is 0. The molecule has 1 N–H and O–H groups in total. The lowest BCUT2D eigenvalue weighted by molar-refractivity contribution is 0.354. The number of hydrogen-bond donors (Lipinski definition) is 1. The quantitative estimate of drug-likeness (QED) is 0.887. The summed E-state index contributed by atoms with van der Waals surface area (Å²) in [5.41, 5.74) is 2.95. The Morgan fingerprint density at radius 3 is 2.32 bits per heavy atom. The van der Waals surface area contributed by atoms with Crippen molar-refractivity contribution in [2.45, 2.75) is 19.5 Å². The van der Waals surface area contributed by atoms with Gasteiger partial charge in [0.15, 0.2) is 11.5 Å². The molecule has 0 aromatic heterocycles. The van der Waals surface area contributed by atoms with Gasteiger partial charge >= 0.3 is 0 Å². The molecule has 4 heteroatoms.